The van der Waals surface area contributed by atoms with E-state index in [1.165, 1.54) is 6.33 Å². The first kappa shape index (κ1) is 24.2. The van der Waals surface area contributed by atoms with Gasteiger partial charge in [0.1, 0.15) is 36.0 Å². The summed E-state index contributed by atoms with van der Waals surface area (Å²) in [5.41, 5.74) is 9.46. The number of nitrogen functional groups attached to an aromatic ring is 1. The van der Waals surface area contributed by atoms with Crippen LogP contribution in [0.15, 0.2) is 82.7 Å². The summed E-state index contributed by atoms with van der Waals surface area (Å²) in [5, 5.41) is 15.8. The van der Waals surface area contributed by atoms with Crippen molar-refractivity contribution in [3.05, 3.63) is 100 Å². The number of rotatable bonds is 5. The molecular weight excluding hydrogens is 510 g/mol. The first-order chi connectivity index (χ1) is 18.9. The number of benzene rings is 3. The molecule has 0 atom stereocenters. The van der Waals surface area contributed by atoms with E-state index in [4.69, 9.17) is 22.2 Å². The molecule has 3 heterocycles. The summed E-state index contributed by atoms with van der Waals surface area (Å²) in [6.07, 6.45) is 7.08. The zero-order valence-electron chi connectivity index (χ0n) is 20.5. The number of hydrogen-bond donors (Lipinski definition) is 3. The number of aromatic hydroxyl groups is 1. The van der Waals surface area contributed by atoms with Crippen LogP contribution in [0.2, 0.25) is 0 Å². The maximum atomic E-state index is 13.9. The highest BCUT2D eigenvalue weighted by atomic mass is 32.1. The largest absolute Gasteiger partial charge is 0.508 e. The van der Waals surface area contributed by atoms with Crippen LogP contribution in [-0.2, 0) is 13.1 Å². The SMILES string of the molecule is C#Cc1cccc2nc(Cn3nc(-c4cccc(O)c4)c4c(N)ncnc43)n(Cc3cccc(S)c3)c(=O)c12. The molecule has 0 radical (unpaired) electrons. The molecule has 10 heteroatoms. The van der Waals surface area contributed by atoms with E-state index in [-0.39, 0.29) is 30.2 Å². The lowest BCUT2D eigenvalue weighted by Gasteiger charge is -2.15. The number of nitrogens with zero attached hydrogens (tertiary/aromatic N) is 6. The van der Waals surface area contributed by atoms with Gasteiger partial charge in [-0.15, -0.1) is 19.1 Å². The van der Waals surface area contributed by atoms with Crippen LogP contribution in [0.3, 0.4) is 0 Å². The van der Waals surface area contributed by atoms with Gasteiger partial charge in [-0.3, -0.25) is 9.36 Å². The van der Waals surface area contributed by atoms with E-state index < -0.39 is 0 Å². The third kappa shape index (κ3) is 4.35. The van der Waals surface area contributed by atoms with Crippen molar-refractivity contribution >= 4 is 40.4 Å². The Hall–Kier alpha value is -5.14. The Labute approximate surface area is 228 Å². The van der Waals surface area contributed by atoms with E-state index in [2.05, 4.69) is 28.5 Å². The van der Waals surface area contributed by atoms with Gasteiger partial charge in [-0.05, 0) is 42.0 Å². The highest BCUT2D eigenvalue weighted by Gasteiger charge is 2.20. The molecular formula is C29H21N7O2S. The quantitative estimate of drug-likeness (QED) is 0.228. The summed E-state index contributed by atoms with van der Waals surface area (Å²) >= 11 is 4.45. The number of anilines is 1. The summed E-state index contributed by atoms with van der Waals surface area (Å²) in [4.78, 5) is 28.1. The molecule has 6 aromatic rings. The van der Waals surface area contributed by atoms with Crippen LogP contribution in [0.4, 0.5) is 5.82 Å². The second-order valence-corrected chi connectivity index (χ2v) is 9.46. The van der Waals surface area contributed by atoms with Gasteiger partial charge in [0.15, 0.2) is 5.65 Å². The van der Waals surface area contributed by atoms with Crippen LogP contribution in [0.5, 0.6) is 5.75 Å². The molecule has 190 valence electrons. The molecule has 6 rings (SSSR count). The van der Waals surface area contributed by atoms with E-state index >= 15 is 0 Å². The summed E-state index contributed by atoms with van der Waals surface area (Å²) in [6, 6.07) is 19.5. The van der Waals surface area contributed by atoms with Crippen molar-refractivity contribution in [2.24, 2.45) is 0 Å². The Kier molecular flexibility index (Phi) is 5.98. The van der Waals surface area contributed by atoms with Gasteiger partial charge in [0.05, 0.1) is 22.8 Å². The van der Waals surface area contributed by atoms with E-state index in [9.17, 15) is 9.90 Å². The smallest absolute Gasteiger partial charge is 0.263 e. The minimum atomic E-state index is -0.257. The molecule has 0 aliphatic rings. The van der Waals surface area contributed by atoms with Gasteiger partial charge in [-0.25, -0.2) is 19.6 Å². The number of nitrogens with two attached hydrogens (primary N) is 1. The van der Waals surface area contributed by atoms with Gasteiger partial charge in [0.2, 0.25) is 0 Å². The molecule has 0 bridgehead atoms. The molecule has 0 aliphatic carbocycles. The number of thiol groups is 1. The molecule has 3 aromatic heterocycles. The van der Waals surface area contributed by atoms with E-state index in [0.717, 1.165) is 10.5 Å². The standard InChI is InChI=1S/C29H21N7O2S/c1-2-18-7-5-11-22-24(18)29(38)35(14-17-6-3-10-21(39)12-17)23(33-22)15-36-28-25(27(30)31-16-32-28)26(34-36)19-8-4-9-20(37)13-19/h1,3-13,16,37,39H,14-15H2,(H2,30,31,32). The molecule has 0 saturated carbocycles. The van der Waals surface area contributed by atoms with Crippen molar-refractivity contribution in [3.8, 4) is 29.4 Å². The van der Waals surface area contributed by atoms with Crippen molar-refractivity contribution < 1.29 is 5.11 Å². The van der Waals surface area contributed by atoms with Crippen molar-refractivity contribution in [2.45, 2.75) is 18.0 Å². The minimum absolute atomic E-state index is 0.0893. The Balaban J connectivity index is 1.57. The molecule has 0 fully saturated rings. The third-order valence-electron chi connectivity index (χ3n) is 6.44. The number of phenolic OH excluding ortho intramolecular Hbond substituents is 1. The highest BCUT2D eigenvalue weighted by Crippen LogP contribution is 2.32. The molecule has 3 aromatic carbocycles. The highest BCUT2D eigenvalue weighted by molar-refractivity contribution is 7.80. The lowest BCUT2D eigenvalue weighted by molar-refractivity contribution is 0.475. The van der Waals surface area contributed by atoms with Gasteiger partial charge in [0, 0.05) is 16.0 Å². The fraction of sp³-hybridized carbons (Fsp3) is 0.0690. The monoisotopic (exact) mass is 531 g/mol. The van der Waals surface area contributed by atoms with Crippen molar-refractivity contribution in [3.63, 3.8) is 0 Å². The summed E-state index contributed by atoms with van der Waals surface area (Å²) in [7, 11) is 0. The first-order valence-corrected chi connectivity index (χ1v) is 12.4. The van der Waals surface area contributed by atoms with Gasteiger partial charge < -0.3 is 10.8 Å². The summed E-state index contributed by atoms with van der Waals surface area (Å²) in [6.45, 7) is 0.359. The van der Waals surface area contributed by atoms with E-state index in [1.807, 2.05) is 30.3 Å². The van der Waals surface area contributed by atoms with Crippen LogP contribution in [-0.4, -0.2) is 34.4 Å². The number of phenols is 1. The maximum Gasteiger partial charge on any atom is 0.263 e. The number of fused-ring (bicyclic) bond motifs is 2. The average molecular weight is 532 g/mol. The Morgan fingerprint density at radius 2 is 1.82 bits per heavy atom. The second-order valence-electron chi connectivity index (χ2n) is 8.95. The predicted octanol–water partition coefficient (Wildman–Crippen LogP) is 3.86. The molecule has 0 spiro atoms. The van der Waals surface area contributed by atoms with Crippen LogP contribution in [0, 0.1) is 12.3 Å². The van der Waals surface area contributed by atoms with Gasteiger partial charge in [-0.1, -0.05) is 36.3 Å². The lowest BCUT2D eigenvalue weighted by Crippen LogP contribution is -2.28. The van der Waals surface area contributed by atoms with E-state index in [1.54, 1.807) is 45.6 Å². The fourth-order valence-corrected chi connectivity index (χ4v) is 4.93. The molecule has 39 heavy (non-hydrogen) atoms. The summed E-state index contributed by atoms with van der Waals surface area (Å²) < 4.78 is 3.23. The zero-order valence-corrected chi connectivity index (χ0v) is 21.4. The molecule has 0 unspecified atom stereocenters. The van der Waals surface area contributed by atoms with Crippen molar-refractivity contribution in [1.82, 2.24) is 29.3 Å². The predicted molar refractivity (Wildman–Crippen MR) is 153 cm³/mol. The lowest BCUT2D eigenvalue weighted by atomic mass is 10.1. The second kappa shape index (κ2) is 9.63. The topological polar surface area (TPSA) is 125 Å². The van der Waals surface area contributed by atoms with Crippen LogP contribution in [0.1, 0.15) is 17.0 Å². The number of terminal acetylenes is 1. The Morgan fingerprint density at radius 3 is 2.62 bits per heavy atom. The third-order valence-corrected chi connectivity index (χ3v) is 6.72. The Bertz CT molecular complexity index is 2010. The molecule has 3 N–H and O–H groups in total. The maximum absolute atomic E-state index is 13.9. The minimum Gasteiger partial charge on any atom is -0.508 e. The Morgan fingerprint density at radius 1 is 1.00 bits per heavy atom. The van der Waals surface area contributed by atoms with Gasteiger partial charge >= 0.3 is 0 Å². The average Bonchev–Trinajstić information content (AvgIpc) is 3.30. The molecule has 9 nitrogen and oxygen atoms in total. The summed E-state index contributed by atoms with van der Waals surface area (Å²) in [5.74, 6) is 3.39. The van der Waals surface area contributed by atoms with Crippen molar-refractivity contribution in [2.75, 3.05) is 5.73 Å². The van der Waals surface area contributed by atoms with Gasteiger partial charge in [-0.2, -0.15) is 5.10 Å². The zero-order chi connectivity index (χ0) is 27.1. The van der Waals surface area contributed by atoms with Crippen molar-refractivity contribution in [1.29, 1.82) is 0 Å². The normalized spacial score (nSPS) is 11.2. The number of aromatic nitrogens is 6. The van der Waals surface area contributed by atoms with Crippen LogP contribution in [0.25, 0.3) is 33.2 Å². The van der Waals surface area contributed by atoms with Gasteiger partial charge in [0.25, 0.3) is 5.56 Å². The van der Waals surface area contributed by atoms with Crippen LogP contribution < -0.4 is 11.3 Å². The first-order valence-electron chi connectivity index (χ1n) is 12.0. The van der Waals surface area contributed by atoms with E-state index in [0.29, 0.717) is 44.6 Å². The number of hydrogen-bond acceptors (Lipinski definition) is 8. The fourth-order valence-electron chi connectivity index (χ4n) is 4.68. The molecule has 0 amide bonds. The molecule has 0 aliphatic heterocycles. The molecule has 0 saturated heterocycles. The van der Waals surface area contributed by atoms with Crippen LogP contribution >= 0.6 is 12.6 Å².